The molecule has 0 saturated heterocycles. The predicted octanol–water partition coefficient (Wildman–Crippen LogP) is -3.22. The van der Waals surface area contributed by atoms with Gasteiger partial charge in [-0.1, -0.05) is 0 Å². The van der Waals surface area contributed by atoms with Gasteiger partial charge >= 0.3 is 29.6 Å². The van der Waals surface area contributed by atoms with Gasteiger partial charge < -0.3 is 9.29 Å². The Morgan fingerprint density at radius 2 is 1.95 bits per heavy atom. The van der Waals surface area contributed by atoms with Crippen molar-refractivity contribution in [3.8, 4) is 5.75 Å². The van der Waals surface area contributed by atoms with E-state index in [0.717, 1.165) is 0 Å². The second-order valence-corrected chi connectivity index (χ2v) is 7.71. The molecule has 0 unspecified atom stereocenters. The molecule has 1 aromatic rings. The molecular weight excluding hydrogens is 345 g/mol. The summed E-state index contributed by atoms with van der Waals surface area (Å²) in [5.41, 5.74) is 0.000723. The van der Waals surface area contributed by atoms with Crippen molar-refractivity contribution in [1.82, 2.24) is 4.31 Å². The molecule has 116 valence electrons. The molecule has 0 aromatic heterocycles. The van der Waals surface area contributed by atoms with E-state index >= 15 is 0 Å². The van der Waals surface area contributed by atoms with Crippen molar-refractivity contribution >= 4 is 26.0 Å². The van der Waals surface area contributed by atoms with E-state index in [9.17, 15) is 26.2 Å². The van der Waals surface area contributed by atoms with Crippen LogP contribution in [0.25, 0.3) is 0 Å². The third kappa shape index (κ3) is 3.81. The number of nitrogens with zero attached hydrogens (tertiary/aromatic N) is 1. The van der Waals surface area contributed by atoms with Gasteiger partial charge in [-0.25, -0.2) is 21.1 Å². The van der Waals surface area contributed by atoms with Crippen LogP contribution in [0.15, 0.2) is 23.1 Å². The molecule has 2 rings (SSSR count). The maximum absolute atomic E-state index is 12.2. The Morgan fingerprint density at radius 1 is 1.32 bits per heavy atom. The van der Waals surface area contributed by atoms with E-state index < -0.39 is 31.8 Å². The van der Waals surface area contributed by atoms with Crippen LogP contribution in [0.4, 0.5) is 0 Å². The number of methoxy groups -OCH3 is 1. The molecule has 1 heterocycles. The summed E-state index contributed by atoms with van der Waals surface area (Å²) >= 11 is 0. The second kappa shape index (κ2) is 6.85. The maximum atomic E-state index is 12.2. The van der Waals surface area contributed by atoms with Crippen LogP contribution in [0.1, 0.15) is 16.8 Å². The van der Waals surface area contributed by atoms with E-state index in [-0.39, 0.29) is 58.7 Å². The Hall–Kier alpha value is -0.650. The molecule has 0 bridgehead atoms. The standard InChI is InChI=1S/C11H13NO7S2.Na/c1-19-8-3-4-9-10(7-8)21(17,18)12(11(9)13)5-2-6-20(14,15)16;/h3-4,7H,2,5-6H2,1H3,(H,14,15,16);/q;+1/p-1. The zero-order valence-corrected chi connectivity index (χ0v) is 15.6. The Labute approximate surface area is 150 Å². The van der Waals surface area contributed by atoms with Gasteiger partial charge in [0, 0.05) is 18.4 Å². The average molecular weight is 357 g/mol. The number of benzene rings is 1. The van der Waals surface area contributed by atoms with Gasteiger partial charge in [-0.3, -0.25) is 4.79 Å². The number of sulfonamides is 1. The van der Waals surface area contributed by atoms with Crippen molar-refractivity contribution < 1.29 is 60.5 Å². The second-order valence-electron chi connectivity index (χ2n) is 4.36. The minimum atomic E-state index is -4.45. The van der Waals surface area contributed by atoms with Crippen molar-refractivity contribution in [1.29, 1.82) is 0 Å². The number of hydrogen-bond acceptors (Lipinski definition) is 7. The van der Waals surface area contributed by atoms with Crippen molar-refractivity contribution in [3.05, 3.63) is 23.8 Å². The summed E-state index contributed by atoms with van der Waals surface area (Å²) in [6.07, 6.45) is -0.248. The van der Waals surface area contributed by atoms with E-state index in [1.54, 1.807) is 0 Å². The van der Waals surface area contributed by atoms with Gasteiger partial charge in [0.25, 0.3) is 15.9 Å². The molecule has 1 aromatic carbocycles. The van der Waals surface area contributed by atoms with Crippen LogP contribution in [0.3, 0.4) is 0 Å². The Bertz CT molecular complexity index is 789. The monoisotopic (exact) mass is 357 g/mol. The summed E-state index contributed by atoms with van der Waals surface area (Å²) in [4.78, 5) is 11.9. The summed E-state index contributed by atoms with van der Waals surface area (Å²) in [5.74, 6) is -1.18. The fraction of sp³-hybridized carbons (Fsp3) is 0.364. The molecule has 8 nitrogen and oxygen atoms in total. The summed E-state index contributed by atoms with van der Waals surface area (Å²) in [7, 11) is -7.13. The van der Waals surface area contributed by atoms with Crippen LogP contribution >= 0.6 is 0 Å². The topological polar surface area (TPSA) is 121 Å². The van der Waals surface area contributed by atoms with E-state index in [4.69, 9.17) is 4.74 Å². The number of rotatable bonds is 5. The van der Waals surface area contributed by atoms with Gasteiger partial charge in [0.1, 0.15) is 10.6 Å². The van der Waals surface area contributed by atoms with E-state index in [0.29, 0.717) is 4.31 Å². The number of carbonyl (C=O) groups is 1. The molecule has 0 N–H and O–H groups in total. The first-order valence-electron chi connectivity index (χ1n) is 5.85. The van der Waals surface area contributed by atoms with Gasteiger partial charge in [0.05, 0.1) is 22.8 Å². The first-order valence-corrected chi connectivity index (χ1v) is 8.87. The third-order valence-electron chi connectivity index (χ3n) is 2.97. The Kier molecular flexibility index (Phi) is 6.04. The van der Waals surface area contributed by atoms with E-state index in [2.05, 4.69) is 0 Å². The smallest absolute Gasteiger partial charge is 0.748 e. The van der Waals surface area contributed by atoms with Gasteiger partial charge in [0.15, 0.2) is 0 Å². The molecule has 22 heavy (non-hydrogen) atoms. The molecule has 0 spiro atoms. The van der Waals surface area contributed by atoms with Gasteiger partial charge in [-0.15, -0.1) is 0 Å². The molecule has 0 fully saturated rings. The van der Waals surface area contributed by atoms with Crippen LogP contribution in [0, 0.1) is 0 Å². The van der Waals surface area contributed by atoms with Gasteiger partial charge in [-0.2, -0.15) is 0 Å². The van der Waals surface area contributed by atoms with Gasteiger partial charge in [-0.05, 0) is 18.6 Å². The first-order chi connectivity index (χ1) is 9.66. The van der Waals surface area contributed by atoms with Crippen LogP contribution in [-0.4, -0.2) is 51.0 Å². The molecular formula is C11H12NNaO7S2. The molecule has 1 aliphatic rings. The van der Waals surface area contributed by atoms with E-state index in [1.807, 2.05) is 0 Å². The summed E-state index contributed by atoms with van der Waals surface area (Å²) in [6, 6.07) is 4.02. The normalized spacial score (nSPS) is 16.1. The number of ether oxygens (including phenoxy) is 1. The molecule has 0 aliphatic carbocycles. The van der Waals surface area contributed by atoms with Crippen molar-refractivity contribution in [2.75, 3.05) is 19.4 Å². The fourth-order valence-electron chi connectivity index (χ4n) is 1.99. The molecule has 0 atom stereocenters. The first kappa shape index (κ1) is 19.4. The van der Waals surface area contributed by atoms with E-state index in [1.165, 1.54) is 25.3 Å². The minimum Gasteiger partial charge on any atom is -0.748 e. The quantitative estimate of drug-likeness (QED) is 0.401. The van der Waals surface area contributed by atoms with Crippen molar-refractivity contribution in [2.24, 2.45) is 0 Å². The van der Waals surface area contributed by atoms with Gasteiger partial charge in [0.2, 0.25) is 0 Å². The number of amides is 1. The zero-order chi connectivity index (χ0) is 15.8. The van der Waals surface area contributed by atoms with Crippen molar-refractivity contribution in [2.45, 2.75) is 11.3 Å². The molecule has 11 heteroatoms. The molecule has 0 radical (unpaired) electrons. The average Bonchev–Trinajstić information content (AvgIpc) is 2.58. The van der Waals surface area contributed by atoms with Crippen molar-refractivity contribution in [3.63, 3.8) is 0 Å². The number of fused-ring (bicyclic) bond motifs is 1. The number of hydrogen-bond donors (Lipinski definition) is 0. The fourth-order valence-corrected chi connectivity index (χ4v) is 4.09. The Balaban J connectivity index is 0.00000242. The number of carbonyl (C=O) groups excluding carboxylic acids is 1. The molecule has 0 saturated carbocycles. The SMILES string of the molecule is COc1ccc2c(c1)S(=O)(=O)N(CCCS(=O)(=O)[O-])C2=O.[Na+]. The van der Waals surface area contributed by atoms with Crippen LogP contribution in [-0.2, 0) is 20.1 Å². The Morgan fingerprint density at radius 3 is 2.50 bits per heavy atom. The summed E-state index contributed by atoms with van der Waals surface area (Å²) < 4.78 is 61.5. The third-order valence-corrected chi connectivity index (χ3v) is 5.58. The summed E-state index contributed by atoms with van der Waals surface area (Å²) in [5, 5.41) is 0. The largest absolute Gasteiger partial charge is 1.00 e. The van der Waals surface area contributed by atoms with Crippen LogP contribution in [0.5, 0.6) is 5.75 Å². The predicted molar refractivity (Wildman–Crippen MR) is 70.4 cm³/mol. The summed E-state index contributed by atoms with van der Waals surface area (Å²) in [6.45, 7) is -0.361. The van der Waals surface area contributed by atoms with Crippen LogP contribution in [0.2, 0.25) is 0 Å². The maximum Gasteiger partial charge on any atom is 1.00 e. The van der Waals surface area contributed by atoms with Crippen LogP contribution < -0.4 is 34.3 Å². The zero-order valence-electron chi connectivity index (χ0n) is 12.0. The minimum absolute atomic E-state index is 0. The molecule has 1 aliphatic heterocycles. The molecule has 1 amide bonds.